The molecule has 3 heterocycles. The number of fused-ring (bicyclic) bond motifs is 1. The van der Waals surface area contributed by atoms with Gasteiger partial charge in [0.15, 0.2) is 5.82 Å². The van der Waals surface area contributed by atoms with Gasteiger partial charge in [-0.3, -0.25) is 4.98 Å². The molecule has 1 aromatic carbocycles. The van der Waals surface area contributed by atoms with Crippen molar-refractivity contribution in [2.75, 3.05) is 30.4 Å². The summed E-state index contributed by atoms with van der Waals surface area (Å²) in [6.07, 6.45) is -1.09. The number of nitrogens with zero attached hydrogens (tertiary/aromatic N) is 4. The Kier molecular flexibility index (Phi) is 5.23. The lowest BCUT2D eigenvalue weighted by atomic mass is 9.96. The Morgan fingerprint density at radius 1 is 1.27 bits per heavy atom. The second kappa shape index (κ2) is 7.71. The predicted octanol–water partition coefficient (Wildman–Crippen LogP) is 4.25. The Bertz CT molecular complexity index is 1090. The van der Waals surface area contributed by atoms with Crippen molar-refractivity contribution >= 4 is 22.4 Å². The van der Waals surface area contributed by atoms with Crippen molar-refractivity contribution in [3.63, 3.8) is 0 Å². The van der Waals surface area contributed by atoms with Gasteiger partial charge in [-0.2, -0.15) is 5.10 Å². The molecule has 6 nitrogen and oxygen atoms in total. The zero-order valence-corrected chi connectivity index (χ0v) is 16.9. The van der Waals surface area contributed by atoms with Crippen LogP contribution < -0.4 is 10.2 Å². The zero-order valence-electron chi connectivity index (χ0n) is 16.9. The minimum atomic E-state index is -2.87. The molecule has 1 saturated heterocycles. The number of methoxy groups -OCH3 is 1. The lowest BCUT2D eigenvalue weighted by Gasteiger charge is -2.48. The number of nitrogens with one attached hydrogen (secondary N) is 1. The highest BCUT2D eigenvalue weighted by atomic mass is 19.3. The fourth-order valence-corrected chi connectivity index (χ4v) is 3.61. The van der Waals surface area contributed by atoms with Crippen LogP contribution in [0.2, 0.25) is 0 Å². The van der Waals surface area contributed by atoms with Crippen LogP contribution in [0.4, 0.5) is 24.7 Å². The van der Waals surface area contributed by atoms with Crippen LogP contribution in [0, 0.1) is 12.7 Å². The minimum Gasteiger partial charge on any atom is -0.375 e. The number of halogens is 3. The molecular formula is C21H22F3N5O. The van der Waals surface area contributed by atoms with Gasteiger partial charge >= 0.3 is 0 Å². The molecule has 0 aliphatic carbocycles. The highest BCUT2D eigenvalue weighted by Gasteiger charge is 2.39. The molecule has 3 aromatic rings. The maximum absolute atomic E-state index is 14.3. The molecule has 1 aliphatic rings. The monoisotopic (exact) mass is 417 g/mol. The first-order valence-electron chi connectivity index (χ1n) is 9.54. The Morgan fingerprint density at radius 3 is 2.73 bits per heavy atom. The molecule has 0 atom stereocenters. The van der Waals surface area contributed by atoms with E-state index in [1.807, 2.05) is 19.9 Å². The smallest absolute Gasteiger partial charge is 0.266 e. The van der Waals surface area contributed by atoms with Crippen molar-refractivity contribution in [2.24, 2.45) is 0 Å². The number of rotatable bonds is 6. The first kappa shape index (κ1) is 20.3. The molecule has 0 unspecified atom stereocenters. The van der Waals surface area contributed by atoms with Crippen LogP contribution in [-0.4, -0.2) is 41.0 Å². The normalized spacial score (nSPS) is 15.5. The molecule has 4 rings (SSSR count). The molecule has 30 heavy (non-hydrogen) atoms. The fourth-order valence-electron chi connectivity index (χ4n) is 3.61. The topological polar surface area (TPSA) is 63.2 Å². The van der Waals surface area contributed by atoms with Gasteiger partial charge in [-0.1, -0.05) is 18.2 Å². The summed E-state index contributed by atoms with van der Waals surface area (Å²) in [6.45, 7) is 5.33. The van der Waals surface area contributed by atoms with Gasteiger partial charge in [0, 0.05) is 37.7 Å². The third-order valence-corrected chi connectivity index (χ3v) is 5.47. The van der Waals surface area contributed by atoms with E-state index in [2.05, 4.69) is 25.4 Å². The van der Waals surface area contributed by atoms with Crippen molar-refractivity contribution in [3.8, 4) is 0 Å². The average molecular weight is 417 g/mol. The van der Waals surface area contributed by atoms with E-state index in [0.717, 1.165) is 30.2 Å². The number of alkyl halides is 2. The number of hydrogen-bond acceptors (Lipinski definition) is 6. The van der Waals surface area contributed by atoms with Gasteiger partial charge in [0.2, 0.25) is 0 Å². The summed E-state index contributed by atoms with van der Waals surface area (Å²) in [4.78, 5) is 6.67. The fraction of sp³-hybridized carbons (Fsp3) is 0.381. The first-order valence-corrected chi connectivity index (χ1v) is 9.54. The van der Waals surface area contributed by atoms with E-state index in [1.165, 1.54) is 12.1 Å². The summed E-state index contributed by atoms with van der Waals surface area (Å²) in [7, 11) is 1.69. The molecule has 0 bridgehead atoms. The van der Waals surface area contributed by atoms with E-state index in [4.69, 9.17) is 4.74 Å². The van der Waals surface area contributed by atoms with Crippen molar-refractivity contribution in [3.05, 3.63) is 53.1 Å². The van der Waals surface area contributed by atoms with E-state index >= 15 is 0 Å². The maximum atomic E-state index is 14.3. The summed E-state index contributed by atoms with van der Waals surface area (Å²) in [5.41, 5.74) is 1.59. The molecule has 0 radical (unpaired) electrons. The maximum Gasteiger partial charge on any atom is 0.266 e. The van der Waals surface area contributed by atoms with Gasteiger partial charge in [-0.05, 0) is 19.9 Å². The summed E-state index contributed by atoms with van der Waals surface area (Å²) in [5, 5.41) is 12.1. The van der Waals surface area contributed by atoms with Gasteiger partial charge in [0.25, 0.3) is 6.43 Å². The minimum absolute atomic E-state index is 0.00504. The summed E-state index contributed by atoms with van der Waals surface area (Å²) in [5.74, 6) is -0.496. The number of ether oxygens (including phenoxy) is 1. The predicted molar refractivity (Wildman–Crippen MR) is 108 cm³/mol. The molecule has 158 valence electrons. The van der Waals surface area contributed by atoms with Crippen LogP contribution >= 0.6 is 0 Å². The Labute approximate surface area is 172 Å². The number of benzene rings is 1. The Hall–Kier alpha value is -2.94. The van der Waals surface area contributed by atoms with E-state index in [9.17, 15) is 13.2 Å². The van der Waals surface area contributed by atoms with Crippen molar-refractivity contribution in [1.82, 2.24) is 15.2 Å². The highest BCUT2D eigenvalue weighted by molar-refractivity contribution is 5.92. The number of hydrogen-bond donors (Lipinski definition) is 1. The van der Waals surface area contributed by atoms with E-state index < -0.39 is 17.8 Å². The molecule has 0 saturated carbocycles. The quantitative estimate of drug-likeness (QED) is 0.647. The van der Waals surface area contributed by atoms with Crippen LogP contribution in [0.1, 0.15) is 30.2 Å². The van der Waals surface area contributed by atoms with Gasteiger partial charge in [0.1, 0.15) is 5.82 Å². The molecule has 0 amide bonds. The average Bonchev–Trinajstić information content (AvgIpc) is 2.71. The largest absolute Gasteiger partial charge is 0.375 e. The third kappa shape index (κ3) is 3.65. The lowest BCUT2D eigenvalue weighted by molar-refractivity contribution is -0.0167. The second-order valence-corrected chi connectivity index (χ2v) is 7.71. The number of aromatic nitrogens is 3. The summed E-state index contributed by atoms with van der Waals surface area (Å²) >= 11 is 0. The van der Waals surface area contributed by atoms with Crippen molar-refractivity contribution < 1.29 is 17.9 Å². The van der Waals surface area contributed by atoms with Gasteiger partial charge in [-0.15, -0.1) is 5.10 Å². The van der Waals surface area contributed by atoms with Crippen molar-refractivity contribution in [2.45, 2.75) is 32.4 Å². The van der Waals surface area contributed by atoms with E-state index in [1.54, 1.807) is 13.3 Å². The van der Waals surface area contributed by atoms with Crippen molar-refractivity contribution in [1.29, 1.82) is 0 Å². The third-order valence-electron chi connectivity index (χ3n) is 5.47. The molecule has 2 aromatic heterocycles. The highest BCUT2D eigenvalue weighted by Crippen LogP contribution is 2.33. The van der Waals surface area contributed by atoms with Gasteiger partial charge in [-0.25, -0.2) is 13.2 Å². The van der Waals surface area contributed by atoms with E-state index in [-0.39, 0.29) is 17.7 Å². The van der Waals surface area contributed by atoms with Crippen LogP contribution in [0.25, 0.3) is 10.9 Å². The number of aryl methyl sites for hydroxylation is 1. The standard InChI is InChI=1S/C21H22F3N5O/c1-12-18-16(7-14(9-25-18)29-10-21(2,11-29)30-3)20(28-27-12)26-8-13-5-4-6-15(17(13)22)19(23)24/h4-7,9,19H,8,10-11H2,1-3H3,(H,26,28). The first-order chi connectivity index (χ1) is 14.3. The molecule has 1 aliphatic heterocycles. The number of anilines is 2. The Morgan fingerprint density at radius 2 is 2.03 bits per heavy atom. The van der Waals surface area contributed by atoms with Gasteiger partial charge in [0.05, 0.1) is 34.3 Å². The molecule has 9 heteroatoms. The van der Waals surface area contributed by atoms with Crippen LogP contribution in [0.15, 0.2) is 30.5 Å². The van der Waals surface area contributed by atoms with Crippen LogP contribution in [0.5, 0.6) is 0 Å². The summed E-state index contributed by atoms with van der Waals surface area (Å²) < 4.78 is 45.8. The molecule has 0 spiro atoms. The van der Waals surface area contributed by atoms with E-state index in [0.29, 0.717) is 17.0 Å². The molecule has 1 N–H and O–H groups in total. The van der Waals surface area contributed by atoms with Crippen LogP contribution in [0.3, 0.4) is 0 Å². The van der Waals surface area contributed by atoms with Crippen LogP contribution in [-0.2, 0) is 11.3 Å². The van der Waals surface area contributed by atoms with Gasteiger partial charge < -0.3 is 15.0 Å². The Balaban J connectivity index is 1.62. The molecule has 1 fully saturated rings. The summed E-state index contributed by atoms with van der Waals surface area (Å²) in [6, 6.07) is 5.92. The zero-order chi connectivity index (χ0) is 21.5. The SMILES string of the molecule is COC1(C)CN(c2cnc3c(C)nnc(NCc4cccc(C(F)F)c4F)c3c2)C1. The molecular weight excluding hydrogens is 395 g/mol. The lowest BCUT2D eigenvalue weighted by Crippen LogP contribution is -2.61. The second-order valence-electron chi connectivity index (χ2n) is 7.71. The number of pyridine rings is 1.